The number of aldehydes is 1. The van der Waals surface area contributed by atoms with E-state index in [-0.39, 0.29) is 0 Å². The summed E-state index contributed by atoms with van der Waals surface area (Å²) in [7, 11) is 0. The second-order valence-corrected chi connectivity index (χ2v) is 9.32. The highest BCUT2D eigenvalue weighted by molar-refractivity contribution is 5.89. The van der Waals surface area contributed by atoms with Crippen LogP contribution in [0.2, 0.25) is 0 Å². The van der Waals surface area contributed by atoms with Crippen LogP contribution in [0, 0.1) is 0 Å². The number of carbonyl (C=O) groups excluding carboxylic acids is 2. The highest BCUT2D eigenvalue weighted by Gasteiger charge is 2.29. The van der Waals surface area contributed by atoms with Crippen molar-refractivity contribution in [2.24, 2.45) is 0 Å². The van der Waals surface area contributed by atoms with Crippen LogP contribution in [0.4, 0.5) is 5.88 Å². The first-order valence-corrected chi connectivity index (χ1v) is 12.9. The van der Waals surface area contributed by atoms with E-state index in [4.69, 9.17) is 9.40 Å². The van der Waals surface area contributed by atoms with Crippen LogP contribution in [0.1, 0.15) is 34.8 Å². The van der Waals surface area contributed by atoms with Gasteiger partial charge in [0.1, 0.15) is 23.7 Å². The van der Waals surface area contributed by atoms with Crippen LogP contribution in [0.15, 0.2) is 102 Å². The molecular formula is C31H26N6O3. The van der Waals surface area contributed by atoms with E-state index >= 15 is 0 Å². The molecule has 0 unspecified atom stereocenters. The molecule has 4 heterocycles. The molecule has 40 heavy (non-hydrogen) atoms. The Hall–Kier alpha value is -5.31. The minimum absolute atomic E-state index is 0.367. The van der Waals surface area contributed by atoms with Gasteiger partial charge in [-0.3, -0.25) is 19.5 Å². The molecule has 1 amide bonds. The van der Waals surface area contributed by atoms with E-state index in [1.165, 1.54) is 0 Å². The summed E-state index contributed by atoms with van der Waals surface area (Å²) in [5.74, 6) is 1.08. The molecule has 0 spiro atoms. The SMILES string of the molecule is CCn1c(-c2ccc(-n3ccnc3)cc2)cnc1[C@H](Cc1ccccn1)N(C=O)c1cc2cc(C=O)ccc2o1. The van der Waals surface area contributed by atoms with Crippen molar-refractivity contribution in [1.82, 2.24) is 24.1 Å². The van der Waals surface area contributed by atoms with Crippen molar-refractivity contribution in [1.29, 1.82) is 0 Å². The Morgan fingerprint density at radius 1 is 1.00 bits per heavy atom. The van der Waals surface area contributed by atoms with E-state index in [1.54, 1.807) is 47.9 Å². The van der Waals surface area contributed by atoms with Gasteiger partial charge in [0.25, 0.3) is 0 Å². The quantitative estimate of drug-likeness (QED) is 0.212. The first-order chi connectivity index (χ1) is 19.7. The van der Waals surface area contributed by atoms with E-state index in [9.17, 15) is 9.59 Å². The van der Waals surface area contributed by atoms with Gasteiger partial charge in [0.2, 0.25) is 12.3 Å². The number of amides is 1. The fraction of sp³-hybridized carbons (Fsp3) is 0.129. The van der Waals surface area contributed by atoms with Crippen LogP contribution in [-0.2, 0) is 17.8 Å². The van der Waals surface area contributed by atoms with Gasteiger partial charge in [-0.2, -0.15) is 0 Å². The van der Waals surface area contributed by atoms with Crippen molar-refractivity contribution in [2.75, 3.05) is 4.90 Å². The third kappa shape index (κ3) is 4.69. The van der Waals surface area contributed by atoms with Crippen LogP contribution in [0.3, 0.4) is 0 Å². The average Bonchev–Trinajstić information content (AvgIpc) is 3.77. The minimum Gasteiger partial charge on any atom is -0.440 e. The normalized spacial score (nSPS) is 11.9. The van der Waals surface area contributed by atoms with Gasteiger partial charge in [0.05, 0.1) is 18.2 Å². The number of carbonyl (C=O) groups is 2. The molecule has 1 atom stereocenters. The van der Waals surface area contributed by atoms with Crippen LogP contribution in [0.25, 0.3) is 27.9 Å². The zero-order chi connectivity index (χ0) is 27.5. The fourth-order valence-electron chi connectivity index (χ4n) is 4.99. The van der Waals surface area contributed by atoms with Crippen LogP contribution in [0.5, 0.6) is 0 Å². The molecule has 0 aliphatic rings. The van der Waals surface area contributed by atoms with Gasteiger partial charge >= 0.3 is 0 Å². The van der Waals surface area contributed by atoms with Crippen molar-refractivity contribution < 1.29 is 14.0 Å². The molecule has 0 saturated carbocycles. The van der Waals surface area contributed by atoms with E-state index in [0.29, 0.717) is 35.8 Å². The van der Waals surface area contributed by atoms with Gasteiger partial charge in [-0.05, 0) is 55.0 Å². The standard InChI is InChI=1S/C31H26N6O3/c1-2-36-28(23-7-9-26(10-8-23)35-14-13-32-20-35)18-34-31(36)27(17-25-5-3-4-12-33-25)37(21-39)30-16-24-15-22(19-38)6-11-29(24)40-30/h3-16,18-21,27H,2,17H2,1H3/t27-/m0/s1. The largest absolute Gasteiger partial charge is 0.440 e. The molecule has 2 aromatic carbocycles. The highest BCUT2D eigenvalue weighted by Crippen LogP contribution is 2.35. The zero-order valence-electron chi connectivity index (χ0n) is 21.8. The number of fused-ring (bicyclic) bond motifs is 1. The second-order valence-electron chi connectivity index (χ2n) is 9.32. The maximum Gasteiger partial charge on any atom is 0.217 e. The molecule has 0 radical (unpaired) electrons. The highest BCUT2D eigenvalue weighted by atomic mass is 16.4. The van der Waals surface area contributed by atoms with Gasteiger partial charge in [0.15, 0.2) is 0 Å². The maximum absolute atomic E-state index is 12.7. The topological polar surface area (TPSA) is 99.0 Å². The number of hydrogen-bond donors (Lipinski definition) is 0. The minimum atomic E-state index is -0.502. The molecule has 198 valence electrons. The van der Waals surface area contributed by atoms with E-state index < -0.39 is 6.04 Å². The third-order valence-electron chi connectivity index (χ3n) is 6.96. The molecule has 0 aliphatic heterocycles. The van der Waals surface area contributed by atoms with E-state index in [1.807, 2.05) is 47.3 Å². The van der Waals surface area contributed by atoms with Crippen molar-refractivity contribution in [3.8, 4) is 16.9 Å². The fourth-order valence-corrected chi connectivity index (χ4v) is 4.99. The number of rotatable bonds is 10. The summed E-state index contributed by atoms with van der Waals surface area (Å²) in [6, 6.07) is 20.3. The number of furan rings is 1. The maximum atomic E-state index is 12.7. The Balaban J connectivity index is 1.42. The lowest BCUT2D eigenvalue weighted by Gasteiger charge is -2.26. The Kier molecular flexibility index (Phi) is 6.76. The Morgan fingerprint density at radius 3 is 2.58 bits per heavy atom. The molecule has 0 N–H and O–H groups in total. The lowest BCUT2D eigenvalue weighted by atomic mass is 10.1. The molecule has 0 bridgehead atoms. The molecule has 6 aromatic rings. The number of pyridine rings is 1. The molecule has 0 saturated heterocycles. The number of imidazole rings is 2. The molecule has 0 fully saturated rings. The first-order valence-electron chi connectivity index (χ1n) is 12.9. The van der Waals surface area contributed by atoms with Crippen molar-refractivity contribution in [2.45, 2.75) is 25.9 Å². The van der Waals surface area contributed by atoms with Crippen LogP contribution < -0.4 is 4.90 Å². The van der Waals surface area contributed by atoms with Gasteiger partial charge in [-0.1, -0.05) is 18.2 Å². The van der Waals surface area contributed by atoms with Gasteiger partial charge in [-0.25, -0.2) is 9.97 Å². The van der Waals surface area contributed by atoms with Crippen LogP contribution in [-0.4, -0.2) is 36.8 Å². The lowest BCUT2D eigenvalue weighted by molar-refractivity contribution is -0.108. The summed E-state index contributed by atoms with van der Waals surface area (Å²) in [5, 5.41) is 0.737. The number of anilines is 1. The van der Waals surface area contributed by atoms with Gasteiger partial charge in [-0.15, -0.1) is 0 Å². The third-order valence-corrected chi connectivity index (χ3v) is 6.96. The Labute approximate surface area is 230 Å². The summed E-state index contributed by atoms with van der Waals surface area (Å²) in [4.78, 5) is 39.0. The Bertz CT molecular complexity index is 1750. The second kappa shape index (κ2) is 10.8. The van der Waals surface area contributed by atoms with Crippen molar-refractivity contribution in [3.63, 3.8) is 0 Å². The van der Waals surface area contributed by atoms with Crippen molar-refractivity contribution in [3.05, 3.63) is 115 Å². The summed E-state index contributed by atoms with van der Waals surface area (Å²) < 4.78 is 10.1. The first kappa shape index (κ1) is 25.0. The van der Waals surface area contributed by atoms with Crippen molar-refractivity contribution >= 4 is 29.5 Å². The predicted octanol–water partition coefficient (Wildman–Crippen LogP) is 5.66. The van der Waals surface area contributed by atoms with Crippen LogP contribution >= 0.6 is 0 Å². The number of nitrogens with zero attached hydrogens (tertiary/aromatic N) is 6. The van der Waals surface area contributed by atoms with Gasteiger partial charge < -0.3 is 13.6 Å². The van der Waals surface area contributed by atoms with Gasteiger partial charge in [0, 0.05) is 60.0 Å². The average molecular weight is 531 g/mol. The predicted molar refractivity (Wildman–Crippen MR) is 151 cm³/mol. The summed E-state index contributed by atoms with van der Waals surface area (Å²) in [5.41, 5.74) is 4.88. The number of aromatic nitrogens is 5. The molecule has 4 aromatic heterocycles. The monoisotopic (exact) mass is 530 g/mol. The summed E-state index contributed by atoms with van der Waals surface area (Å²) in [6.07, 6.45) is 11.0. The van der Waals surface area contributed by atoms with E-state index in [0.717, 1.165) is 40.7 Å². The molecular weight excluding hydrogens is 504 g/mol. The summed E-state index contributed by atoms with van der Waals surface area (Å²) >= 11 is 0. The smallest absolute Gasteiger partial charge is 0.217 e. The summed E-state index contributed by atoms with van der Waals surface area (Å²) in [6.45, 7) is 2.70. The lowest BCUT2D eigenvalue weighted by Crippen LogP contribution is -2.31. The molecule has 9 nitrogen and oxygen atoms in total. The Morgan fingerprint density at radius 2 is 1.88 bits per heavy atom. The number of benzene rings is 2. The molecule has 0 aliphatic carbocycles. The van der Waals surface area contributed by atoms with E-state index in [2.05, 4.69) is 33.6 Å². The molecule has 9 heteroatoms. The zero-order valence-corrected chi connectivity index (χ0v) is 21.8. The number of hydrogen-bond acceptors (Lipinski definition) is 6. The molecule has 6 rings (SSSR count).